The Hall–Kier alpha value is -1.69. The second-order valence-corrected chi connectivity index (χ2v) is 5.38. The van der Waals surface area contributed by atoms with Crippen molar-refractivity contribution in [1.82, 2.24) is 4.90 Å². The van der Waals surface area contributed by atoms with Crippen LogP contribution >= 0.6 is 11.8 Å². The Morgan fingerprint density at radius 2 is 2.05 bits per heavy atom. The Bertz CT molecular complexity index is 465. The molecule has 0 heterocycles. The van der Waals surface area contributed by atoms with Crippen molar-refractivity contribution >= 4 is 29.4 Å². The van der Waals surface area contributed by atoms with E-state index >= 15 is 0 Å². The Labute approximate surface area is 123 Å². The standard InChI is InChI=1S/C14H20N2O3S/c1-16(9-10-20-2)14(19)15-12-6-4-3-5-11(12)7-8-13(17)18/h3-6H,7-10H2,1-2H3,(H,15,19)(H,17,18). The van der Waals surface area contributed by atoms with Crippen LogP contribution in [0.5, 0.6) is 0 Å². The molecule has 1 aromatic rings. The molecule has 2 amide bonds. The van der Waals surface area contributed by atoms with Crippen molar-refractivity contribution in [3.63, 3.8) is 0 Å². The quantitative estimate of drug-likeness (QED) is 0.811. The number of para-hydroxylation sites is 1. The number of carboxylic acid groups (broad SMARTS) is 1. The number of carbonyl (C=O) groups excluding carboxylic acids is 1. The first kappa shape index (κ1) is 16.4. The number of anilines is 1. The summed E-state index contributed by atoms with van der Waals surface area (Å²) in [5.41, 5.74) is 1.51. The maximum Gasteiger partial charge on any atom is 0.321 e. The number of carbonyl (C=O) groups is 2. The number of benzene rings is 1. The number of aryl methyl sites for hydroxylation is 1. The van der Waals surface area contributed by atoms with Crippen molar-refractivity contribution < 1.29 is 14.7 Å². The van der Waals surface area contributed by atoms with Crippen molar-refractivity contribution in [1.29, 1.82) is 0 Å². The Balaban J connectivity index is 2.66. The van der Waals surface area contributed by atoms with E-state index in [0.717, 1.165) is 11.3 Å². The molecule has 1 aromatic carbocycles. The van der Waals surface area contributed by atoms with Gasteiger partial charge in [0.1, 0.15) is 0 Å². The van der Waals surface area contributed by atoms with Crippen molar-refractivity contribution in [3.05, 3.63) is 29.8 Å². The number of hydrogen-bond acceptors (Lipinski definition) is 3. The molecule has 0 atom stereocenters. The van der Waals surface area contributed by atoms with Crippen LogP contribution in [0.3, 0.4) is 0 Å². The van der Waals surface area contributed by atoms with Crippen LogP contribution in [-0.2, 0) is 11.2 Å². The molecule has 0 aliphatic heterocycles. The van der Waals surface area contributed by atoms with E-state index in [1.165, 1.54) is 0 Å². The Morgan fingerprint density at radius 1 is 1.35 bits per heavy atom. The van der Waals surface area contributed by atoms with E-state index < -0.39 is 5.97 Å². The van der Waals surface area contributed by atoms with E-state index in [9.17, 15) is 9.59 Å². The molecule has 0 radical (unpaired) electrons. The number of aliphatic carboxylic acids is 1. The van der Waals surface area contributed by atoms with Crippen LogP contribution in [0.1, 0.15) is 12.0 Å². The first-order valence-corrected chi connectivity index (χ1v) is 7.74. The molecule has 20 heavy (non-hydrogen) atoms. The minimum Gasteiger partial charge on any atom is -0.481 e. The molecule has 0 saturated carbocycles. The van der Waals surface area contributed by atoms with Gasteiger partial charge in [-0.25, -0.2) is 4.79 Å². The highest BCUT2D eigenvalue weighted by molar-refractivity contribution is 7.98. The zero-order chi connectivity index (χ0) is 15.0. The summed E-state index contributed by atoms with van der Waals surface area (Å²) >= 11 is 1.68. The smallest absolute Gasteiger partial charge is 0.321 e. The number of carboxylic acids is 1. The van der Waals surface area contributed by atoms with Gasteiger partial charge in [0, 0.05) is 31.5 Å². The summed E-state index contributed by atoms with van der Waals surface area (Å²) in [7, 11) is 1.74. The predicted octanol–water partition coefficient (Wildman–Crippen LogP) is 2.53. The van der Waals surface area contributed by atoms with Crippen molar-refractivity contribution in [2.45, 2.75) is 12.8 Å². The fourth-order valence-corrected chi connectivity index (χ4v) is 2.10. The number of amides is 2. The minimum atomic E-state index is -0.844. The average Bonchev–Trinajstić information content (AvgIpc) is 2.43. The molecule has 0 unspecified atom stereocenters. The van der Waals surface area contributed by atoms with Crippen LogP contribution in [0.4, 0.5) is 10.5 Å². The molecule has 0 aliphatic carbocycles. The molecule has 0 bridgehead atoms. The van der Waals surface area contributed by atoms with Gasteiger partial charge >= 0.3 is 12.0 Å². The van der Waals surface area contributed by atoms with E-state index in [-0.39, 0.29) is 12.5 Å². The molecule has 6 heteroatoms. The number of nitrogens with zero attached hydrogens (tertiary/aromatic N) is 1. The number of urea groups is 1. The van der Waals surface area contributed by atoms with Gasteiger partial charge in [0.05, 0.1) is 0 Å². The lowest BCUT2D eigenvalue weighted by atomic mass is 10.1. The Kier molecular flexibility index (Phi) is 6.93. The molecule has 0 saturated heterocycles. The molecular formula is C14H20N2O3S. The van der Waals surface area contributed by atoms with Crippen molar-refractivity contribution in [2.75, 3.05) is 30.9 Å². The predicted molar refractivity (Wildman–Crippen MR) is 82.4 cm³/mol. The highest BCUT2D eigenvalue weighted by Crippen LogP contribution is 2.17. The fourth-order valence-electron chi connectivity index (χ4n) is 1.64. The molecule has 0 aromatic heterocycles. The third kappa shape index (κ3) is 5.52. The minimum absolute atomic E-state index is 0.0508. The maximum atomic E-state index is 12.0. The summed E-state index contributed by atoms with van der Waals surface area (Å²) in [6.45, 7) is 0.671. The van der Waals surface area contributed by atoms with Crippen LogP contribution in [0.15, 0.2) is 24.3 Å². The molecule has 0 aliphatic rings. The van der Waals surface area contributed by atoms with E-state index in [2.05, 4.69) is 5.32 Å². The van der Waals surface area contributed by atoms with Gasteiger partial charge in [-0.05, 0) is 24.3 Å². The number of rotatable bonds is 7. The first-order valence-electron chi connectivity index (χ1n) is 6.35. The van der Waals surface area contributed by atoms with Crippen LogP contribution in [0, 0.1) is 0 Å². The van der Waals surface area contributed by atoms with Crippen LogP contribution in [-0.4, -0.2) is 47.6 Å². The van der Waals surface area contributed by atoms with Crippen LogP contribution < -0.4 is 5.32 Å². The summed E-state index contributed by atoms with van der Waals surface area (Å²) in [6, 6.07) is 7.10. The van der Waals surface area contributed by atoms with Gasteiger partial charge < -0.3 is 15.3 Å². The zero-order valence-corrected chi connectivity index (χ0v) is 12.6. The lowest BCUT2D eigenvalue weighted by Gasteiger charge is -2.18. The van der Waals surface area contributed by atoms with Gasteiger partial charge in [0.2, 0.25) is 0 Å². The van der Waals surface area contributed by atoms with Crippen LogP contribution in [0.2, 0.25) is 0 Å². The lowest BCUT2D eigenvalue weighted by Crippen LogP contribution is -2.33. The molecule has 0 fully saturated rings. The molecular weight excluding hydrogens is 276 g/mol. The van der Waals surface area contributed by atoms with Gasteiger partial charge in [-0.3, -0.25) is 4.79 Å². The highest BCUT2D eigenvalue weighted by atomic mass is 32.2. The van der Waals surface area contributed by atoms with E-state index in [1.54, 1.807) is 29.8 Å². The van der Waals surface area contributed by atoms with Gasteiger partial charge in [-0.1, -0.05) is 18.2 Å². The van der Waals surface area contributed by atoms with Crippen molar-refractivity contribution in [3.8, 4) is 0 Å². The topological polar surface area (TPSA) is 69.6 Å². The lowest BCUT2D eigenvalue weighted by molar-refractivity contribution is -0.136. The fraction of sp³-hybridized carbons (Fsp3) is 0.429. The number of thioether (sulfide) groups is 1. The summed E-state index contributed by atoms with van der Waals surface area (Å²) in [5, 5.41) is 11.6. The van der Waals surface area contributed by atoms with E-state index in [0.29, 0.717) is 18.7 Å². The molecule has 5 nitrogen and oxygen atoms in total. The zero-order valence-electron chi connectivity index (χ0n) is 11.8. The first-order chi connectivity index (χ1) is 9.54. The monoisotopic (exact) mass is 296 g/mol. The number of nitrogens with one attached hydrogen (secondary N) is 1. The second kappa shape index (κ2) is 8.47. The van der Waals surface area contributed by atoms with E-state index in [4.69, 9.17) is 5.11 Å². The molecule has 1 rings (SSSR count). The van der Waals surface area contributed by atoms with Gasteiger partial charge in [0.15, 0.2) is 0 Å². The summed E-state index contributed by atoms with van der Waals surface area (Å²) < 4.78 is 0. The van der Waals surface area contributed by atoms with Crippen molar-refractivity contribution in [2.24, 2.45) is 0 Å². The molecule has 0 spiro atoms. The third-order valence-corrected chi connectivity index (χ3v) is 3.44. The number of hydrogen-bond donors (Lipinski definition) is 2. The van der Waals surface area contributed by atoms with Gasteiger partial charge in [0.25, 0.3) is 0 Å². The van der Waals surface area contributed by atoms with Gasteiger partial charge in [-0.2, -0.15) is 11.8 Å². The van der Waals surface area contributed by atoms with E-state index in [1.807, 2.05) is 24.5 Å². The summed E-state index contributed by atoms with van der Waals surface area (Å²) in [5.74, 6) is 0.0353. The SMILES string of the molecule is CSCCN(C)C(=O)Nc1ccccc1CCC(=O)O. The van der Waals surface area contributed by atoms with Gasteiger partial charge in [-0.15, -0.1) is 0 Å². The Morgan fingerprint density at radius 3 is 2.70 bits per heavy atom. The normalized spacial score (nSPS) is 10.1. The summed E-state index contributed by atoms with van der Waals surface area (Å²) in [6.07, 6.45) is 2.45. The second-order valence-electron chi connectivity index (χ2n) is 4.40. The molecule has 110 valence electrons. The summed E-state index contributed by atoms with van der Waals surface area (Å²) in [4.78, 5) is 24.2. The third-order valence-electron chi connectivity index (χ3n) is 2.84. The largest absolute Gasteiger partial charge is 0.481 e. The highest BCUT2D eigenvalue weighted by Gasteiger charge is 2.11. The van der Waals surface area contributed by atoms with Crippen LogP contribution in [0.25, 0.3) is 0 Å². The average molecular weight is 296 g/mol. The molecule has 2 N–H and O–H groups in total. The maximum absolute atomic E-state index is 12.0.